The van der Waals surface area contributed by atoms with E-state index in [1.165, 1.54) is 11.3 Å². The number of anilines is 1. The van der Waals surface area contributed by atoms with Crippen molar-refractivity contribution < 1.29 is 9.47 Å². The van der Waals surface area contributed by atoms with Gasteiger partial charge in [-0.15, -0.1) is 0 Å². The van der Waals surface area contributed by atoms with Crippen LogP contribution in [0.5, 0.6) is 5.75 Å². The first-order chi connectivity index (χ1) is 9.96. The number of rotatable bonds is 1. The van der Waals surface area contributed by atoms with E-state index in [2.05, 4.69) is 38.2 Å². The Morgan fingerprint density at radius 2 is 2.19 bits per heavy atom. The van der Waals surface area contributed by atoms with E-state index in [0.717, 1.165) is 24.4 Å². The molecule has 3 aliphatic rings. The molecule has 0 aromatic heterocycles. The molecule has 21 heavy (non-hydrogen) atoms. The zero-order valence-electron chi connectivity index (χ0n) is 13.1. The van der Waals surface area contributed by atoms with Crippen molar-refractivity contribution in [2.75, 3.05) is 19.0 Å². The number of aliphatic imine (C=N–C) groups is 1. The number of benzene rings is 1. The molecule has 1 aromatic rings. The molecule has 0 bridgehead atoms. The van der Waals surface area contributed by atoms with Gasteiger partial charge in [0, 0.05) is 18.3 Å². The predicted octanol–water partition coefficient (Wildman–Crippen LogP) is 2.97. The minimum Gasteiger partial charge on any atom is -0.497 e. The van der Waals surface area contributed by atoms with Gasteiger partial charge in [0.05, 0.1) is 18.2 Å². The Hall–Kier alpha value is -1.55. The summed E-state index contributed by atoms with van der Waals surface area (Å²) in [6, 6.07) is 6.28. The summed E-state index contributed by atoms with van der Waals surface area (Å²) < 4.78 is 11.7. The molecule has 3 aliphatic heterocycles. The van der Waals surface area contributed by atoms with Crippen LogP contribution in [0.1, 0.15) is 32.8 Å². The lowest BCUT2D eigenvalue weighted by molar-refractivity contribution is 0.00167. The maximum Gasteiger partial charge on any atom is 0.143 e. The van der Waals surface area contributed by atoms with Crippen molar-refractivity contribution in [1.29, 1.82) is 0 Å². The van der Waals surface area contributed by atoms with Gasteiger partial charge in [-0.3, -0.25) is 4.99 Å². The largest absolute Gasteiger partial charge is 0.497 e. The highest BCUT2D eigenvalue weighted by Gasteiger charge is 2.62. The number of hydrogen-bond acceptors (Lipinski definition) is 4. The Balaban J connectivity index is 1.83. The van der Waals surface area contributed by atoms with Gasteiger partial charge in [0.1, 0.15) is 18.1 Å². The molecule has 3 heterocycles. The van der Waals surface area contributed by atoms with Crippen LogP contribution in [0, 0.1) is 5.41 Å². The number of fused-ring (bicyclic) bond motifs is 1. The summed E-state index contributed by atoms with van der Waals surface area (Å²) in [5.74, 6) is 0.876. The molecule has 1 saturated heterocycles. The van der Waals surface area contributed by atoms with Crippen LogP contribution < -0.4 is 10.1 Å². The molecular formula is C17H22N2O2. The van der Waals surface area contributed by atoms with Crippen LogP contribution >= 0.6 is 0 Å². The van der Waals surface area contributed by atoms with Gasteiger partial charge < -0.3 is 14.8 Å². The third kappa shape index (κ3) is 1.57. The topological polar surface area (TPSA) is 42.8 Å². The fourth-order valence-electron chi connectivity index (χ4n) is 4.01. The van der Waals surface area contributed by atoms with Crippen molar-refractivity contribution in [3.8, 4) is 5.75 Å². The van der Waals surface area contributed by atoms with Gasteiger partial charge in [-0.1, -0.05) is 26.8 Å². The van der Waals surface area contributed by atoms with Crippen molar-refractivity contribution in [2.24, 2.45) is 10.4 Å². The fourth-order valence-corrected chi connectivity index (χ4v) is 4.01. The zero-order valence-corrected chi connectivity index (χ0v) is 13.1. The van der Waals surface area contributed by atoms with E-state index in [-0.39, 0.29) is 23.2 Å². The number of hydrogen-bond donors (Lipinski definition) is 1. The summed E-state index contributed by atoms with van der Waals surface area (Å²) in [5.41, 5.74) is 3.67. The maximum atomic E-state index is 6.38. The Kier molecular flexibility index (Phi) is 2.51. The van der Waals surface area contributed by atoms with Crippen LogP contribution in [0.4, 0.5) is 5.69 Å². The van der Waals surface area contributed by atoms with Crippen LogP contribution in [0.15, 0.2) is 23.2 Å². The van der Waals surface area contributed by atoms with Crippen molar-refractivity contribution in [3.05, 3.63) is 23.8 Å². The van der Waals surface area contributed by atoms with E-state index in [1.54, 1.807) is 7.11 Å². The standard InChI is InChI=1S/C17H22N2O2/c1-16(2,3)14-13-17(7-8-18-13)11-6-5-10(20-4)9-12(11)19-15(17)21-14/h5-6,9,14-15,19H,7-8H2,1-4H3/t14-,15-,17+/m0/s1. The third-order valence-electron chi connectivity index (χ3n) is 4.99. The molecule has 1 aromatic carbocycles. The fraction of sp³-hybridized carbons (Fsp3) is 0.588. The Labute approximate surface area is 125 Å². The van der Waals surface area contributed by atoms with Crippen molar-refractivity contribution in [3.63, 3.8) is 0 Å². The highest BCUT2D eigenvalue weighted by atomic mass is 16.5. The normalized spacial score (nSPS) is 33.0. The minimum atomic E-state index is -0.0699. The van der Waals surface area contributed by atoms with Crippen LogP contribution in [0.25, 0.3) is 0 Å². The lowest BCUT2D eigenvalue weighted by atomic mass is 9.72. The van der Waals surface area contributed by atoms with Crippen LogP contribution in [0.2, 0.25) is 0 Å². The summed E-state index contributed by atoms with van der Waals surface area (Å²) in [4.78, 5) is 4.84. The Morgan fingerprint density at radius 3 is 2.90 bits per heavy atom. The van der Waals surface area contributed by atoms with Crippen molar-refractivity contribution in [2.45, 2.75) is 44.9 Å². The molecule has 0 amide bonds. The smallest absolute Gasteiger partial charge is 0.143 e. The Morgan fingerprint density at radius 1 is 1.38 bits per heavy atom. The molecule has 0 saturated carbocycles. The molecule has 4 rings (SSSR count). The van der Waals surface area contributed by atoms with Crippen molar-refractivity contribution in [1.82, 2.24) is 0 Å². The van der Waals surface area contributed by atoms with Gasteiger partial charge in [-0.05, 0) is 23.5 Å². The second-order valence-electron chi connectivity index (χ2n) is 7.31. The number of methoxy groups -OCH3 is 1. The van der Waals surface area contributed by atoms with Gasteiger partial charge in [-0.25, -0.2) is 0 Å². The van der Waals surface area contributed by atoms with E-state index in [9.17, 15) is 0 Å². The van der Waals surface area contributed by atoms with Gasteiger partial charge in [0.2, 0.25) is 0 Å². The van der Waals surface area contributed by atoms with Crippen LogP contribution in [0.3, 0.4) is 0 Å². The molecule has 0 aliphatic carbocycles. The highest BCUT2D eigenvalue weighted by Crippen LogP contribution is 2.55. The summed E-state index contributed by atoms with van der Waals surface area (Å²) in [6.45, 7) is 7.57. The molecule has 1 fully saturated rings. The van der Waals surface area contributed by atoms with Crippen molar-refractivity contribution >= 4 is 11.4 Å². The SMILES string of the molecule is COc1ccc2c(c1)N[C@H]1O[C@H](C(C)(C)C)C3=NCC[C@]321. The maximum absolute atomic E-state index is 6.38. The predicted molar refractivity (Wildman–Crippen MR) is 83.3 cm³/mol. The van der Waals surface area contributed by atoms with E-state index >= 15 is 0 Å². The van der Waals surface area contributed by atoms with Gasteiger partial charge in [0.15, 0.2) is 0 Å². The second kappa shape index (κ2) is 4.01. The molecule has 4 heteroatoms. The summed E-state index contributed by atoms with van der Waals surface area (Å²) >= 11 is 0. The van der Waals surface area contributed by atoms with Gasteiger partial charge in [-0.2, -0.15) is 0 Å². The summed E-state index contributed by atoms with van der Waals surface area (Å²) in [7, 11) is 1.70. The third-order valence-corrected chi connectivity index (χ3v) is 4.99. The summed E-state index contributed by atoms with van der Waals surface area (Å²) in [5, 5.41) is 3.55. The van der Waals surface area contributed by atoms with Gasteiger partial charge in [0.25, 0.3) is 0 Å². The molecule has 4 nitrogen and oxygen atoms in total. The van der Waals surface area contributed by atoms with E-state index < -0.39 is 0 Å². The highest BCUT2D eigenvalue weighted by molar-refractivity contribution is 6.05. The van der Waals surface area contributed by atoms with Crippen LogP contribution in [-0.4, -0.2) is 31.7 Å². The molecule has 0 unspecified atom stereocenters. The molecule has 112 valence electrons. The van der Waals surface area contributed by atoms with E-state index in [4.69, 9.17) is 14.5 Å². The van der Waals surface area contributed by atoms with Gasteiger partial charge >= 0.3 is 0 Å². The lowest BCUT2D eigenvalue weighted by Gasteiger charge is -2.28. The summed E-state index contributed by atoms with van der Waals surface area (Å²) in [6.07, 6.45) is 1.13. The van der Waals surface area contributed by atoms with E-state index in [1.807, 2.05) is 6.07 Å². The number of nitrogens with one attached hydrogen (secondary N) is 1. The quantitative estimate of drug-likeness (QED) is 0.863. The number of nitrogens with zero attached hydrogens (tertiary/aromatic N) is 1. The molecular weight excluding hydrogens is 264 g/mol. The average molecular weight is 286 g/mol. The van der Waals surface area contributed by atoms with Crippen LogP contribution in [-0.2, 0) is 10.2 Å². The second-order valence-corrected chi connectivity index (χ2v) is 7.31. The first-order valence-electron chi connectivity index (χ1n) is 7.62. The van der Waals surface area contributed by atoms with E-state index in [0.29, 0.717) is 0 Å². The minimum absolute atomic E-state index is 0.00470. The first-order valence-corrected chi connectivity index (χ1v) is 7.62. The monoisotopic (exact) mass is 286 g/mol. The average Bonchev–Trinajstić information content (AvgIpc) is 3.04. The first kappa shape index (κ1) is 13.1. The lowest BCUT2D eigenvalue weighted by Crippen LogP contribution is -2.40. The number of ether oxygens (including phenoxy) is 2. The zero-order chi connectivity index (χ0) is 14.8. The molecule has 0 radical (unpaired) electrons. The molecule has 1 spiro atoms. The molecule has 3 atom stereocenters. The Bertz CT molecular complexity index is 632. The molecule has 1 N–H and O–H groups in total.